The third-order valence-corrected chi connectivity index (χ3v) is 8.60. The minimum Gasteiger partial charge on any atom is -0.278 e. The zero-order valence-corrected chi connectivity index (χ0v) is 23.3. The molecule has 7 aromatic carbocycles. The first-order valence-electron chi connectivity index (χ1n) is 14.6. The number of hydrogen-bond donors (Lipinski definition) is 0. The number of hydrogen-bond acceptors (Lipinski definition) is 2. The van der Waals surface area contributed by atoms with E-state index in [2.05, 4.69) is 144 Å². The van der Waals surface area contributed by atoms with Crippen molar-refractivity contribution in [2.24, 2.45) is 0 Å². The van der Waals surface area contributed by atoms with Crippen LogP contribution in [0.2, 0.25) is 0 Å². The maximum Gasteiger partial charge on any atom is 0.235 e. The van der Waals surface area contributed by atoms with E-state index in [-0.39, 0.29) is 0 Å². The molecule has 0 atom stereocenters. The van der Waals surface area contributed by atoms with Crippen LogP contribution in [0.15, 0.2) is 152 Å². The number of benzene rings is 7. The maximum atomic E-state index is 5.22. The molecule has 9 rings (SSSR count). The molecule has 9 aromatic rings. The molecule has 0 saturated heterocycles. The number of aromatic nitrogens is 3. The predicted octanol–water partition coefficient (Wildman–Crippen LogP) is 10.4. The Morgan fingerprint density at radius 2 is 0.814 bits per heavy atom. The minimum absolute atomic E-state index is 0.663. The predicted molar refractivity (Wildman–Crippen MR) is 180 cm³/mol. The molecule has 0 spiro atoms. The summed E-state index contributed by atoms with van der Waals surface area (Å²) in [5.74, 6) is 0.663. The second-order valence-electron chi connectivity index (χ2n) is 11.0. The van der Waals surface area contributed by atoms with Crippen LogP contribution in [0.4, 0.5) is 0 Å². The minimum atomic E-state index is 0.663. The Bertz CT molecular complexity index is 2400. The molecule has 0 saturated carbocycles. The number of nitrogens with zero attached hydrogens (tertiary/aromatic N) is 3. The highest BCUT2D eigenvalue weighted by Gasteiger charge is 2.20. The van der Waals surface area contributed by atoms with Crippen LogP contribution in [-0.2, 0) is 0 Å². The quantitative estimate of drug-likeness (QED) is 0.206. The van der Waals surface area contributed by atoms with Crippen molar-refractivity contribution in [3.63, 3.8) is 0 Å². The van der Waals surface area contributed by atoms with Crippen molar-refractivity contribution in [2.75, 3.05) is 0 Å². The molecule has 0 amide bonds. The Morgan fingerprint density at radius 3 is 1.42 bits per heavy atom. The molecule has 2 heterocycles. The summed E-state index contributed by atoms with van der Waals surface area (Å²) in [7, 11) is 0. The Hall–Kier alpha value is -5.80. The third kappa shape index (κ3) is 3.62. The average Bonchev–Trinajstić information content (AvgIpc) is 3.43. The van der Waals surface area contributed by atoms with Crippen LogP contribution in [-0.4, -0.2) is 14.5 Å². The highest BCUT2D eigenvalue weighted by Crippen LogP contribution is 2.43. The fraction of sp³-hybridized carbons (Fsp3) is 0. The molecule has 0 aliphatic heterocycles. The lowest BCUT2D eigenvalue weighted by molar-refractivity contribution is 0.996. The Labute approximate surface area is 248 Å². The van der Waals surface area contributed by atoms with Crippen molar-refractivity contribution < 1.29 is 0 Å². The molecule has 0 aliphatic carbocycles. The zero-order valence-electron chi connectivity index (χ0n) is 23.3. The first-order valence-corrected chi connectivity index (χ1v) is 14.6. The van der Waals surface area contributed by atoms with Crippen molar-refractivity contribution >= 4 is 54.1 Å². The van der Waals surface area contributed by atoms with Gasteiger partial charge in [-0.2, -0.15) is 0 Å². The molecule has 43 heavy (non-hydrogen) atoms. The van der Waals surface area contributed by atoms with Gasteiger partial charge in [0.15, 0.2) is 0 Å². The summed E-state index contributed by atoms with van der Waals surface area (Å²) in [4.78, 5) is 10.4. The number of fused-ring (bicyclic) bond motifs is 10. The molecule has 3 nitrogen and oxygen atoms in total. The van der Waals surface area contributed by atoms with Crippen LogP contribution >= 0.6 is 0 Å². The van der Waals surface area contributed by atoms with Gasteiger partial charge in [-0.15, -0.1) is 0 Å². The van der Waals surface area contributed by atoms with Crippen LogP contribution in [0.25, 0.3) is 82.6 Å². The molecule has 0 aliphatic rings. The molecular formula is C40H25N3. The second-order valence-corrected chi connectivity index (χ2v) is 11.0. The van der Waals surface area contributed by atoms with Gasteiger partial charge in [-0.05, 0) is 45.1 Å². The zero-order chi connectivity index (χ0) is 28.3. The van der Waals surface area contributed by atoms with E-state index in [1.165, 1.54) is 43.1 Å². The molecule has 0 radical (unpaired) electrons. The lowest BCUT2D eigenvalue weighted by Gasteiger charge is -2.13. The van der Waals surface area contributed by atoms with Crippen LogP contribution in [0.1, 0.15) is 0 Å². The molecule has 2 aromatic heterocycles. The normalized spacial score (nSPS) is 11.7. The smallest absolute Gasteiger partial charge is 0.235 e. The number of rotatable bonds is 3. The van der Waals surface area contributed by atoms with Crippen LogP contribution in [0, 0.1) is 0 Å². The third-order valence-electron chi connectivity index (χ3n) is 8.60. The fourth-order valence-electron chi connectivity index (χ4n) is 6.72. The highest BCUT2D eigenvalue weighted by molar-refractivity contribution is 6.35. The van der Waals surface area contributed by atoms with Crippen molar-refractivity contribution in [3.05, 3.63) is 152 Å². The second kappa shape index (κ2) is 9.37. The van der Waals surface area contributed by atoms with E-state index in [0.29, 0.717) is 5.95 Å². The molecule has 200 valence electrons. The topological polar surface area (TPSA) is 30.7 Å². The van der Waals surface area contributed by atoms with Crippen LogP contribution in [0.5, 0.6) is 0 Å². The first kappa shape index (κ1) is 23.9. The van der Waals surface area contributed by atoms with E-state index in [1.807, 2.05) is 12.1 Å². The van der Waals surface area contributed by atoms with Crippen LogP contribution < -0.4 is 0 Å². The summed E-state index contributed by atoms with van der Waals surface area (Å²) in [6, 6.07) is 53.5. The van der Waals surface area contributed by atoms with Crippen molar-refractivity contribution in [3.8, 4) is 28.5 Å². The van der Waals surface area contributed by atoms with E-state index >= 15 is 0 Å². The summed E-state index contributed by atoms with van der Waals surface area (Å²) in [5, 5.41) is 10.0. The first-order chi connectivity index (χ1) is 21.3. The van der Waals surface area contributed by atoms with Gasteiger partial charge in [-0.1, -0.05) is 133 Å². The molecular weight excluding hydrogens is 522 g/mol. The van der Waals surface area contributed by atoms with Crippen molar-refractivity contribution in [1.29, 1.82) is 0 Å². The molecule has 0 N–H and O–H groups in total. The van der Waals surface area contributed by atoms with Crippen molar-refractivity contribution in [1.82, 2.24) is 14.5 Å². The number of para-hydroxylation sites is 1. The van der Waals surface area contributed by atoms with Gasteiger partial charge in [0.2, 0.25) is 5.95 Å². The molecule has 3 heteroatoms. The summed E-state index contributed by atoms with van der Waals surface area (Å²) >= 11 is 0. The largest absolute Gasteiger partial charge is 0.278 e. The average molecular weight is 548 g/mol. The van der Waals surface area contributed by atoms with Crippen molar-refractivity contribution in [2.45, 2.75) is 0 Å². The summed E-state index contributed by atoms with van der Waals surface area (Å²) in [6.45, 7) is 0. The van der Waals surface area contributed by atoms with E-state index in [0.717, 1.165) is 33.5 Å². The summed E-state index contributed by atoms with van der Waals surface area (Å²) in [5.41, 5.74) is 6.10. The van der Waals surface area contributed by atoms with E-state index < -0.39 is 0 Å². The van der Waals surface area contributed by atoms with Gasteiger partial charge in [0, 0.05) is 27.3 Å². The van der Waals surface area contributed by atoms with Gasteiger partial charge >= 0.3 is 0 Å². The maximum absolute atomic E-state index is 5.22. The fourth-order valence-corrected chi connectivity index (χ4v) is 6.72. The SMILES string of the molecule is c1ccc(-c2cc(-c3ccccc3)nc(-n3c4ccccc4c4c5c6ccccc6c6ccccc6c5ccc43)n2)cc1. The van der Waals surface area contributed by atoms with E-state index in [9.17, 15) is 0 Å². The monoisotopic (exact) mass is 547 g/mol. The Kier molecular flexibility index (Phi) is 5.20. The molecule has 0 unspecified atom stereocenters. The van der Waals surface area contributed by atoms with Gasteiger partial charge in [0.05, 0.1) is 22.4 Å². The lowest BCUT2D eigenvalue weighted by atomic mass is 9.92. The molecule has 0 bridgehead atoms. The van der Waals surface area contributed by atoms with Gasteiger partial charge in [0.25, 0.3) is 0 Å². The summed E-state index contributed by atoms with van der Waals surface area (Å²) in [6.07, 6.45) is 0. The van der Waals surface area contributed by atoms with Gasteiger partial charge in [-0.25, -0.2) is 9.97 Å². The summed E-state index contributed by atoms with van der Waals surface area (Å²) < 4.78 is 2.24. The Balaban J connectivity index is 1.45. The highest BCUT2D eigenvalue weighted by atomic mass is 15.2. The van der Waals surface area contributed by atoms with Gasteiger partial charge in [-0.3, -0.25) is 4.57 Å². The van der Waals surface area contributed by atoms with Gasteiger partial charge < -0.3 is 0 Å². The lowest BCUT2D eigenvalue weighted by Crippen LogP contribution is -2.04. The van der Waals surface area contributed by atoms with Gasteiger partial charge in [0.1, 0.15) is 0 Å². The molecule has 0 fully saturated rings. The standard InChI is InChI=1S/C40H25N3/c1-3-13-26(14-4-1)34-25-35(27-15-5-2-6-16-27)42-40(41-34)43-36-22-12-11-21-33(36)39-37(43)24-23-32-30-19-8-7-17-28(30)29-18-9-10-20-31(29)38(32)39/h1-25H. The van der Waals surface area contributed by atoms with E-state index in [1.54, 1.807) is 0 Å². The van der Waals surface area contributed by atoms with E-state index in [4.69, 9.17) is 9.97 Å². The van der Waals surface area contributed by atoms with Crippen LogP contribution in [0.3, 0.4) is 0 Å². The Morgan fingerprint density at radius 1 is 0.349 bits per heavy atom.